The molecule has 0 aliphatic heterocycles. The second-order valence-corrected chi connectivity index (χ2v) is 8.56. The van der Waals surface area contributed by atoms with Crippen LogP contribution < -0.4 is 5.32 Å². The van der Waals surface area contributed by atoms with Crippen LogP contribution in [0.2, 0.25) is 0 Å². The molecule has 2 N–H and O–H groups in total. The Morgan fingerprint density at radius 3 is 2.30 bits per heavy atom. The van der Waals surface area contributed by atoms with Gasteiger partial charge in [-0.25, -0.2) is 0 Å². The van der Waals surface area contributed by atoms with Crippen LogP contribution in [0.25, 0.3) is 0 Å². The van der Waals surface area contributed by atoms with E-state index in [9.17, 15) is 9.90 Å². The van der Waals surface area contributed by atoms with Gasteiger partial charge in [0.15, 0.2) is 0 Å². The SMILES string of the molecule is CC(C)C(CO)NC(=O)C12CC3CC(CC(C)(C3)C1)C2. The zero-order chi connectivity index (χ0) is 14.5. The molecule has 4 rings (SSSR count). The Balaban J connectivity index is 1.77. The molecule has 3 nitrogen and oxygen atoms in total. The van der Waals surface area contributed by atoms with E-state index < -0.39 is 0 Å². The Labute approximate surface area is 122 Å². The molecule has 0 spiro atoms. The molecule has 0 radical (unpaired) electrons. The lowest BCUT2D eigenvalue weighted by molar-refractivity contribution is -0.156. The van der Waals surface area contributed by atoms with E-state index in [-0.39, 0.29) is 29.9 Å². The summed E-state index contributed by atoms with van der Waals surface area (Å²) in [4.78, 5) is 12.9. The Morgan fingerprint density at radius 2 is 1.85 bits per heavy atom. The summed E-state index contributed by atoms with van der Waals surface area (Å²) < 4.78 is 0. The lowest BCUT2D eigenvalue weighted by Gasteiger charge is -2.60. The predicted molar refractivity (Wildman–Crippen MR) is 79.1 cm³/mol. The largest absolute Gasteiger partial charge is 0.394 e. The average molecular weight is 279 g/mol. The molecule has 3 heteroatoms. The maximum Gasteiger partial charge on any atom is 0.226 e. The van der Waals surface area contributed by atoms with Crippen LogP contribution in [0.4, 0.5) is 0 Å². The highest BCUT2D eigenvalue weighted by molar-refractivity contribution is 5.83. The summed E-state index contributed by atoms with van der Waals surface area (Å²) in [5.41, 5.74) is 0.273. The molecule has 1 amide bonds. The van der Waals surface area contributed by atoms with Gasteiger partial charge in [0.2, 0.25) is 5.91 Å². The average Bonchev–Trinajstić information content (AvgIpc) is 2.31. The molecular formula is C17H29NO2. The second kappa shape index (κ2) is 4.72. The number of carbonyl (C=O) groups is 1. The van der Waals surface area contributed by atoms with E-state index >= 15 is 0 Å². The summed E-state index contributed by atoms with van der Waals surface area (Å²) in [6, 6.07) is -0.0942. The van der Waals surface area contributed by atoms with Crippen molar-refractivity contribution in [1.29, 1.82) is 0 Å². The van der Waals surface area contributed by atoms with Crippen LogP contribution >= 0.6 is 0 Å². The fraction of sp³-hybridized carbons (Fsp3) is 0.941. The lowest BCUT2D eigenvalue weighted by atomic mass is 9.44. The van der Waals surface area contributed by atoms with Gasteiger partial charge >= 0.3 is 0 Å². The molecule has 4 aliphatic rings. The molecule has 0 heterocycles. The molecular weight excluding hydrogens is 250 g/mol. The smallest absolute Gasteiger partial charge is 0.226 e. The van der Waals surface area contributed by atoms with Gasteiger partial charge in [-0.05, 0) is 61.7 Å². The van der Waals surface area contributed by atoms with Gasteiger partial charge in [0, 0.05) is 0 Å². The van der Waals surface area contributed by atoms with Gasteiger partial charge in [-0.1, -0.05) is 20.8 Å². The standard InChI is InChI=1S/C17H29NO2/c1-11(2)14(9-19)18-15(20)17-7-12-4-13(8-17)6-16(3,5-12)10-17/h11-14,19H,4-10H2,1-3H3,(H,18,20). The van der Waals surface area contributed by atoms with Crippen molar-refractivity contribution in [2.24, 2.45) is 28.6 Å². The Hall–Kier alpha value is -0.570. The molecule has 0 saturated heterocycles. The number of hydrogen-bond acceptors (Lipinski definition) is 2. The zero-order valence-corrected chi connectivity index (χ0v) is 13.1. The number of aliphatic hydroxyl groups is 1. The molecule has 4 aliphatic carbocycles. The first-order valence-corrected chi connectivity index (χ1v) is 8.28. The number of nitrogens with one attached hydrogen (secondary N) is 1. The monoisotopic (exact) mass is 279 g/mol. The first kappa shape index (κ1) is 14.4. The maximum atomic E-state index is 12.9. The Bertz CT molecular complexity index is 390. The van der Waals surface area contributed by atoms with Crippen LogP contribution in [-0.2, 0) is 4.79 Å². The first-order chi connectivity index (χ1) is 9.36. The van der Waals surface area contributed by atoms with Crippen LogP contribution in [-0.4, -0.2) is 23.7 Å². The molecule has 0 aromatic heterocycles. The molecule has 3 unspecified atom stereocenters. The third kappa shape index (κ3) is 2.28. The van der Waals surface area contributed by atoms with Crippen molar-refractivity contribution in [1.82, 2.24) is 5.32 Å². The van der Waals surface area contributed by atoms with Crippen LogP contribution in [0.15, 0.2) is 0 Å². The minimum atomic E-state index is -0.124. The van der Waals surface area contributed by atoms with Gasteiger partial charge < -0.3 is 10.4 Å². The lowest BCUT2D eigenvalue weighted by Crippen LogP contribution is -2.58. The quantitative estimate of drug-likeness (QED) is 0.831. The molecule has 0 aromatic carbocycles. The van der Waals surface area contributed by atoms with E-state index in [4.69, 9.17) is 0 Å². The van der Waals surface area contributed by atoms with Crippen molar-refractivity contribution in [3.8, 4) is 0 Å². The summed E-state index contributed by atoms with van der Waals surface area (Å²) in [6.07, 6.45) is 7.23. The highest BCUT2D eigenvalue weighted by Gasteiger charge is 2.58. The molecule has 4 bridgehead atoms. The van der Waals surface area contributed by atoms with Crippen LogP contribution in [0.3, 0.4) is 0 Å². The number of rotatable bonds is 4. The zero-order valence-electron chi connectivity index (χ0n) is 13.1. The van der Waals surface area contributed by atoms with Crippen molar-refractivity contribution >= 4 is 5.91 Å². The van der Waals surface area contributed by atoms with Gasteiger partial charge in [0.05, 0.1) is 18.1 Å². The van der Waals surface area contributed by atoms with E-state index in [0.29, 0.717) is 5.41 Å². The van der Waals surface area contributed by atoms with Crippen molar-refractivity contribution in [2.75, 3.05) is 6.61 Å². The van der Waals surface area contributed by atoms with Gasteiger partial charge in [-0.3, -0.25) is 4.79 Å². The third-order valence-corrected chi connectivity index (χ3v) is 6.15. The summed E-state index contributed by atoms with van der Waals surface area (Å²) in [5.74, 6) is 2.04. The Kier molecular flexibility index (Phi) is 3.39. The molecule has 0 aromatic rings. The molecule has 20 heavy (non-hydrogen) atoms. The van der Waals surface area contributed by atoms with E-state index in [0.717, 1.165) is 31.1 Å². The van der Waals surface area contributed by atoms with E-state index in [1.54, 1.807) is 0 Å². The van der Waals surface area contributed by atoms with Crippen LogP contribution in [0, 0.1) is 28.6 Å². The number of hydrogen-bond donors (Lipinski definition) is 2. The van der Waals surface area contributed by atoms with Gasteiger partial charge in [0.1, 0.15) is 0 Å². The second-order valence-electron chi connectivity index (χ2n) is 8.56. The van der Waals surface area contributed by atoms with Crippen molar-refractivity contribution < 1.29 is 9.90 Å². The molecule has 114 valence electrons. The van der Waals surface area contributed by atoms with Crippen LogP contribution in [0.5, 0.6) is 0 Å². The van der Waals surface area contributed by atoms with Gasteiger partial charge in [0.25, 0.3) is 0 Å². The van der Waals surface area contributed by atoms with Gasteiger partial charge in [-0.15, -0.1) is 0 Å². The minimum Gasteiger partial charge on any atom is -0.394 e. The van der Waals surface area contributed by atoms with E-state index in [2.05, 4.69) is 26.1 Å². The number of amides is 1. The number of aliphatic hydroxyl groups excluding tert-OH is 1. The van der Waals surface area contributed by atoms with Gasteiger partial charge in [-0.2, -0.15) is 0 Å². The van der Waals surface area contributed by atoms with E-state index in [1.165, 1.54) is 19.3 Å². The fourth-order valence-corrected chi connectivity index (χ4v) is 5.73. The number of carbonyl (C=O) groups excluding carboxylic acids is 1. The van der Waals surface area contributed by atoms with Crippen molar-refractivity contribution in [3.05, 3.63) is 0 Å². The van der Waals surface area contributed by atoms with Crippen molar-refractivity contribution in [2.45, 2.75) is 65.3 Å². The highest BCUT2D eigenvalue weighted by Crippen LogP contribution is 2.65. The molecule has 4 saturated carbocycles. The summed E-state index contributed by atoms with van der Waals surface area (Å²) in [5, 5.41) is 12.6. The fourth-order valence-electron chi connectivity index (χ4n) is 5.73. The van der Waals surface area contributed by atoms with E-state index in [1.807, 2.05) is 0 Å². The third-order valence-electron chi connectivity index (χ3n) is 6.15. The summed E-state index contributed by atoms with van der Waals surface area (Å²) in [6.45, 7) is 6.55. The van der Waals surface area contributed by atoms with Crippen molar-refractivity contribution in [3.63, 3.8) is 0 Å². The predicted octanol–water partition coefficient (Wildman–Crippen LogP) is 2.73. The molecule has 4 fully saturated rings. The molecule has 3 atom stereocenters. The topological polar surface area (TPSA) is 49.3 Å². The normalized spacial score (nSPS) is 43.9. The summed E-state index contributed by atoms with van der Waals surface area (Å²) >= 11 is 0. The van der Waals surface area contributed by atoms with Crippen LogP contribution in [0.1, 0.15) is 59.3 Å². The first-order valence-electron chi connectivity index (χ1n) is 8.28. The highest BCUT2D eigenvalue weighted by atomic mass is 16.3. The summed E-state index contributed by atoms with van der Waals surface area (Å²) in [7, 11) is 0. The minimum absolute atomic E-state index is 0.0452. The Morgan fingerprint density at radius 1 is 1.25 bits per heavy atom. The maximum absolute atomic E-state index is 12.9.